The molecule has 1 aromatic carbocycles. The summed E-state index contributed by atoms with van der Waals surface area (Å²) in [6, 6.07) is 12.0. The maximum Gasteiger partial charge on any atom is 0.315 e. The van der Waals surface area contributed by atoms with Crippen molar-refractivity contribution in [3.05, 3.63) is 53.1 Å². The lowest BCUT2D eigenvalue weighted by Gasteiger charge is -2.45. The molecule has 1 N–H and O–H groups in total. The smallest absolute Gasteiger partial charge is 0.315 e. The molecule has 1 aromatic rings. The van der Waals surface area contributed by atoms with Gasteiger partial charge in [-0.25, -0.2) is 0 Å². The molecular formula is C27H32N2O3. The number of unbranched alkanes of at least 4 members (excludes halogenated alkanes) is 1. The van der Waals surface area contributed by atoms with E-state index < -0.39 is 17.3 Å². The second kappa shape index (κ2) is 10.5. The molecule has 0 aliphatic heterocycles. The van der Waals surface area contributed by atoms with Crippen LogP contribution in [0.25, 0.3) is 0 Å². The fourth-order valence-electron chi connectivity index (χ4n) is 5.56. The molecule has 2 aliphatic rings. The third kappa shape index (κ3) is 4.30. The van der Waals surface area contributed by atoms with Crippen molar-refractivity contribution in [2.45, 2.75) is 64.2 Å². The molecule has 1 saturated carbocycles. The van der Waals surface area contributed by atoms with E-state index in [0.29, 0.717) is 18.3 Å². The number of para-hydroxylation sites is 1. The number of carboxylic acids is 1. The summed E-state index contributed by atoms with van der Waals surface area (Å²) < 4.78 is 5.95. The van der Waals surface area contributed by atoms with Crippen molar-refractivity contribution < 1.29 is 14.6 Å². The highest BCUT2D eigenvalue weighted by atomic mass is 16.5. The van der Waals surface area contributed by atoms with Crippen molar-refractivity contribution in [1.29, 1.82) is 10.5 Å². The molecule has 2 atom stereocenters. The predicted octanol–water partition coefficient (Wildman–Crippen LogP) is 5.93. The molecule has 0 bridgehead atoms. The number of aliphatic carboxylic acids is 1. The quantitative estimate of drug-likeness (QED) is 0.513. The van der Waals surface area contributed by atoms with Crippen molar-refractivity contribution in [2.75, 3.05) is 6.61 Å². The van der Waals surface area contributed by atoms with Gasteiger partial charge in [-0.05, 0) is 37.7 Å². The van der Waals surface area contributed by atoms with Crippen LogP contribution in [0, 0.1) is 40.4 Å². The van der Waals surface area contributed by atoms with Gasteiger partial charge in [-0.15, -0.1) is 0 Å². The molecule has 0 heterocycles. The van der Waals surface area contributed by atoms with Crippen LogP contribution in [0.15, 0.2) is 47.6 Å². The van der Waals surface area contributed by atoms with Crippen molar-refractivity contribution in [2.24, 2.45) is 17.8 Å². The van der Waals surface area contributed by atoms with Crippen LogP contribution in [0.4, 0.5) is 0 Å². The van der Waals surface area contributed by atoms with E-state index in [0.717, 1.165) is 31.2 Å². The maximum atomic E-state index is 11.9. The van der Waals surface area contributed by atoms with Gasteiger partial charge in [0.15, 0.2) is 0 Å². The van der Waals surface area contributed by atoms with Gasteiger partial charge < -0.3 is 9.84 Å². The van der Waals surface area contributed by atoms with Gasteiger partial charge in [-0.1, -0.05) is 69.4 Å². The van der Waals surface area contributed by atoms with Crippen molar-refractivity contribution in [3.8, 4) is 17.9 Å². The first-order valence-corrected chi connectivity index (χ1v) is 11.7. The number of nitriles is 2. The third-order valence-electron chi connectivity index (χ3n) is 7.13. The number of carbonyl (C=O) groups is 1. The Morgan fingerprint density at radius 1 is 1.16 bits per heavy atom. The number of rotatable bonds is 8. The summed E-state index contributed by atoms with van der Waals surface area (Å²) in [6.45, 7) is 4.61. The maximum absolute atomic E-state index is 11.9. The highest BCUT2D eigenvalue weighted by Crippen LogP contribution is 2.54. The van der Waals surface area contributed by atoms with Crippen molar-refractivity contribution >= 4 is 5.97 Å². The lowest BCUT2D eigenvalue weighted by molar-refractivity contribution is -0.138. The van der Waals surface area contributed by atoms with E-state index >= 15 is 0 Å². The standard InChI is InChI=1S/C27H32N2O3/c1-3-5-8-19-11-13-20(14-12-19)27(23-9-6-7-10-25(23)32-4-2)16-15-21(26(30)31)22(17-28)24(27)18-29/h6-7,9-10,15-16,19-21H,3-5,8,11-14H2,1-2H3,(H,30,31)/t19-,20-,21?,27?. The topological polar surface area (TPSA) is 94.1 Å². The van der Waals surface area contributed by atoms with Gasteiger partial charge in [0, 0.05) is 5.56 Å². The number of hydrogen-bond acceptors (Lipinski definition) is 4. The highest BCUT2D eigenvalue weighted by molar-refractivity contribution is 5.80. The molecule has 1 fully saturated rings. The number of carboxylic acid groups (broad SMARTS) is 1. The summed E-state index contributed by atoms with van der Waals surface area (Å²) in [6.07, 6.45) is 11.2. The van der Waals surface area contributed by atoms with Gasteiger partial charge in [0.05, 0.1) is 35.3 Å². The van der Waals surface area contributed by atoms with E-state index in [1.54, 1.807) is 6.08 Å². The summed E-state index contributed by atoms with van der Waals surface area (Å²) in [5, 5.41) is 29.9. The van der Waals surface area contributed by atoms with Crippen molar-refractivity contribution in [3.63, 3.8) is 0 Å². The van der Waals surface area contributed by atoms with E-state index in [4.69, 9.17) is 4.74 Å². The second-order valence-electron chi connectivity index (χ2n) is 8.85. The summed E-state index contributed by atoms with van der Waals surface area (Å²) in [4.78, 5) is 11.9. The van der Waals surface area contributed by atoms with E-state index in [2.05, 4.69) is 19.1 Å². The Labute approximate surface area is 191 Å². The van der Waals surface area contributed by atoms with Crippen LogP contribution < -0.4 is 4.74 Å². The molecule has 0 radical (unpaired) electrons. The van der Waals surface area contributed by atoms with Crippen LogP contribution in [0.2, 0.25) is 0 Å². The molecule has 5 heteroatoms. The summed E-state index contributed by atoms with van der Waals surface area (Å²) in [5.41, 5.74) is 0.303. The van der Waals surface area contributed by atoms with Gasteiger partial charge in [0.1, 0.15) is 11.7 Å². The first-order chi connectivity index (χ1) is 15.5. The Kier molecular flexibility index (Phi) is 7.75. The fraction of sp³-hybridized carbons (Fsp3) is 0.519. The lowest BCUT2D eigenvalue weighted by Crippen LogP contribution is -2.41. The number of ether oxygens (including phenoxy) is 1. The van der Waals surface area contributed by atoms with Crippen LogP contribution in [0.5, 0.6) is 5.75 Å². The van der Waals surface area contributed by atoms with Gasteiger partial charge in [0.25, 0.3) is 0 Å². The molecule has 5 nitrogen and oxygen atoms in total. The molecule has 32 heavy (non-hydrogen) atoms. The van der Waals surface area contributed by atoms with E-state index in [1.165, 1.54) is 19.3 Å². The third-order valence-corrected chi connectivity index (χ3v) is 7.13. The second-order valence-corrected chi connectivity index (χ2v) is 8.85. The number of hydrogen-bond donors (Lipinski definition) is 1. The molecule has 0 spiro atoms. The minimum Gasteiger partial charge on any atom is -0.494 e. The van der Waals surface area contributed by atoms with E-state index in [9.17, 15) is 20.4 Å². The van der Waals surface area contributed by atoms with Crippen LogP contribution in [-0.2, 0) is 10.2 Å². The molecule has 0 amide bonds. The zero-order valence-corrected chi connectivity index (χ0v) is 19.0. The Morgan fingerprint density at radius 3 is 2.47 bits per heavy atom. The van der Waals surface area contributed by atoms with Gasteiger partial charge in [-0.3, -0.25) is 4.79 Å². The molecule has 0 aromatic heterocycles. The molecule has 2 aliphatic carbocycles. The van der Waals surface area contributed by atoms with Crippen LogP contribution in [-0.4, -0.2) is 17.7 Å². The largest absolute Gasteiger partial charge is 0.494 e. The average molecular weight is 433 g/mol. The highest BCUT2D eigenvalue weighted by Gasteiger charge is 2.49. The number of allylic oxidation sites excluding steroid dienone is 2. The molecule has 0 saturated heterocycles. The van der Waals surface area contributed by atoms with Crippen LogP contribution in [0.3, 0.4) is 0 Å². The van der Waals surface area contributed by atoms with Gasteiger partial charge >= 0.3 is 5.97 Å². The van der Waals surface area contributed by atoms with E-state index in [-0.39, 0.29) is 17.1 Å². The van der Waals surface area contributed by atoms with Crippen molar-refractivity contribution in [1.82, 2.24) is 0 Å². The zero-order chi connectivity index (χ0) is 23.1. The molecule has 168 valence electrons. The molecule has 2 unspecified atom stereocenters. The number of nitrogens with zero attached hydrogens (tertiary/aromatic N) is 2. The lowest BCUT2D eigenvalue weighted by atomic mass is 9.57. The Bertz CT molecular complexity index is 973. The number of benzene rings is 1. The monoisotopic (exact) mass is 432 g/mol. The Morgan fingerprint density at radius 2 is 1.88 bits per heavy atom. The Hall–Kier alpha value is -3.05. The first kappa shape index (κ1) is 23.6. The molecule has 3 rings (SSSR count). The zero-order valence-electron chi connectivity index (χ0n) is 19.0. The first-order valence-electron chi connectivity index (χ1n) is 11.7. The van der Waals surface area contributed by atoms with Gasteiger partial charge in [-0.2, -0.15) is 10.5 Å². The fourth-order valence-corrected chi connectivity index (χ4v) is 5.56. The summed E-state index contributed by atoms with van der Waals surface area (Å²) in [7, 11) is 0. The van der Waals surface area contributed by atoms with E-state index in [1.807, 2.05) is 37.3 Å². The van der Waals surface area contributed by atoms with Gasteiger partial charge in [0.2, 0.25) is 0 Å². The Balaban J connectivity index is 2.16. The minimum absolute atomic E-state index is 0.0434. The molecular weight excluding hydrogens is 400 g/mol. The average Bonchev–Trinajstić information content (AvgIpc) is 2.82. The SMILES string of the molecule is CCCC[C@H]1CC[C@H](C2(c3ccccc3OCC)C=CC(C(=O)O)C(C#N)=C2C#N)CC1. The van der Waals surface area contributed by atoms with Crippen LogP contribution >= 0.6 is 0 Å². The summed E-state index contributed by atoms with van der Waals surface area (Å²) >= 11 is 0. The summed E-state index contributed by atoms with van der Waals surface area (Å²) in [5.74, 6) is -0.726. The minimum atomic E-state index is -1.11. The normalized spacial score (nSPS) is 27.4. The van der Waals surface area contributed by atoms with Crippen LogP contribution in [0.1, 0.15) is 64.4 Å². The predicted molar refractivity (Wildman–Crippen MR) is 123 cm³/mol.